The molecular formula is C20H21F3N4O2S. The maximum absolute atomic E-state index is 12.9. The maximum Gasteiger partial charge on any atom is 0.417 e. The molecule has 160 valence electrons. The molecule has 0 aliphatic heterocycles. The number of urea groups is 1. The number of fused-ring (bicyclic) bond motifs is 1. The molecule has 0 saturated heterocycles. The third kappa shape index (κ3) is 5.90. The van der Waals surface area contributed by atoms with Gasteiger partial charge in [0, 0.05) is 37.7 Å². The number of carbonyl (C=O) groups excluding carboxylic acids is 1. The van der Waals surface area contributed by atoms with Gasteiger partial charge in [0.1, 0.15) is 0 Å². The lowest BCUT2D eigenvalue weighted by atomic mass is 10.1. The number of rotatable bonds is 8. The van der Waals surface area contributed by atoms with Gasteiger partial charge >= 0.3 is 12.2 Å². The van der Waals surface area contributed by atoms with Gasteiger partial charge in [-0.05, 0) is 36.6 Å². The molecular weight excluding hydrogens is 417 g/mol. The van der Waals surface area contributed by atoms with Crippen LogP contribution in [-0.4, -0.2) is 35.8 Å². The summed E-state index contributed by atoms with van der Waals surface area (Å²) in [5, 5.41) is 5.82. The first-order valence-corrected chi connectivity index (χ1v) is 10.2. The molecule has 0 radical (unpaired) electrons. The molecule has 3 rings (SSSR count). The van der Waals surface area contributed by atoms with Crippen LogP contribution in [0.25, 0.3) is 21.3 Å². The minimum atomic E-state index is -4.45. The Balaban J connectivity index is 1.64. The number of benzene rings is 1. The summed E-state index contributed by atoms with van der Waals surface area (Å²) in [4.78, 5) is 20.0. The highest BCUT2D eigenvalue weighted by molar-refractivity contribution is 7.22. The van der Waals surface area contributed by atoms with Crippen molar-refractivity contribution in [3.05, 3.63) is 42.2 Å². The van der Waals surface area contributed by atoms with Gasteiger partial charge in [0.2, 0.25) is 0 Å². The Morgan fingerprint density at radius 3 is 2.77 bits per heavy atom. The number of amides is 2. The van der Waals surface area contributed by atoms with E-state index in [0.717, 1.165) is 23.4 Å². The lowest BCUT2D eigenvalue weighted by molar-refractivity contribution is -0.137. The zero-order valence-corrected chi connectivity index (χ0v) is 17.1. The van der Waals surface area contributed by atoms with Crippen LogP contribution in [0.4, 0.5) is 23.1 Å². The van der Waals surface area contributed by atoms with Gasteiger partial charge in [0.15, 0.2) is 5.13 Å². The average molecular weight is 438 g/mol. The second kappa shape index (κ2) is 9.86. The standard InChI is InChI=1S/C20H21F3N4O2S/c1-2-7-29-8-3-6-25-18(28)27-19-26-16-5-4-13(10-17(16)30-19)14-9-15(12-24-11-14)20(21,22)23/h4-5,9-12H,2-3,6-8H2,1H3,(H2,25,26,27,28). The van der Waals surface area contributed by atoms with E-state index < -0.39 is 11.7 Å². The van der Waals surface area contributed by atoms with E-state index in [1.165, 1.54) is 17.5 Å². The molecule has 10 heteroatoms. The van der Waals surface area contributed by atoms with E-state index >= 15 is 0 Å². The second-order valence-corrected chi connectivity index (χ2v) is 7.54. The summed E-state index contributed by atoms with van der Waals surface area (Å²) in [5.41, 5.74) is 0.793. The van der Waals surface area contributed by atoms with Crippen LogP contribution in [0.5, 0.6) is 0 Å². The normalized spacial score (nSPS) is 11.6. The van der Waals surface area contributed by atoms with Crippen LogP contribution < -0.4 is 10.6 Å². The monoisotopic (exact) mass is 438 g/mol. The van der Waals surface area contributed by atoms with Crippen molar-refractivity contribution in [2.75, 3.05) is 25.1 Å². The molecule has 30 heavy (non-hydrogen) atoms. The van der Waals surface area contributed by atoms with Gasteiger partial charge in [-0.25, -0.2) is 9.78 Å². The Morgan fingerprint density at radius 2 is 2.00 bits per heavy atom. The van der Waals surface area contributed by atoms with Crippen LogP contribution in [0.1, 0.15) is 25.3 Å². The van der Waals surface area contributed by atoms with Crippen LogP contribution in [0.3, 0.4) is 0 Å². The minimum absolute atomic E-state index is 0.359. The quantitative estimate of drug-likeness (QED) is 0.467. The van der Waals surface area contributed by atoms with Gasteiger partial charge in [-0.3, -0.25) is 10.3 Å². The lowest BCUT2D eigenvalue weighted by Gasteiger charge is -2.08. The first-order chi connectivity index (χ1) is 14.4. The molecule has 6 nitrogen and oxygen atoms in total. The molecule has 0 saturated carbocycles. The number of hydrogen-bond donors (Lipinski definition) is 2. The maximum atomic E-state index is 12.9. The highest BCUT2D eigenvalue weighted by Crippen LogP contribution is 2.33. The van der Waals surface area contributed by atoms with Crippen LogP contribution in [0, 0.1) is 0 Å². The van der Waals surface area contributed by atoms with Crippen molar-refractivity contribution in [2.45, 2.75) is 25.9 Å². The molecule has 2 heterocycles. The number of carbonyl (C=O) groups is 1. The molecule has 2 aromatic heterocycles. The summed E-state index contributed by atoms with van der Waals surface area (Å²) in [6.45, 7) is 3.80. The van der Waals surface area contributed by atoms with Crippen LogP contribution in [-0.2, 0) is 10.9 Å². The fourth-order valence-corrected chi connectivity index (χ4v) is 3.57. The first-order valence-electron chi connectivity index (χ1n) is 9.42. The van der Waals surface area contributed by atoms with E-state index in [4.69, 9.17) is 4.74 Å². The Morgan fingerprint density at radius 1 is 1.17 bits per heavy atom. The van der Waals surface area contributed by atoms with Crippen molar-refractivity contribution in [2.24, 2.45) is 0 Å². The number of nitrogens with one attached hydrogen (secondary N) is 2. The van der Waals surface area contributed by atoms with Crippen LogP contribution in [0.15, 0.2) is 36.7 Å². The first kappa shape index (κ1) is 22.0. The van der Waals surface area contributed by atoms with Crippen molar-refractivity contribution >= 4 is 32.7 Å². The minimum Gasteiger partial charge on any atom is -0.381 e. The molecule has 1 aromatic carbocycles. The SMILES string of the molecule is CCCOCCCNC(=O)Nc1nc2ccc(-c3cncc(C(F)(F)F)c3)cc2s1. The molecule has 0 spiro atoms. The van der Waals surface area contributed by atoms with E-state index in [1.807, 2.05) is 6.92 Å². The van der Waals surface area contributed by atoms with Crippen molar-refractivity contribution in [1.29, 1.82) is 0 Å². The van der Waals surface area contributed by atoms with Gasteiger partial charge < -0.3 is 10.1 Å². The number of aromatic nitrogens is 2. The molecule has 2 N–H and O–H groups in total. The van der Waals surface area contributed by atoms with Crippen LogP contribution in [0.2, 0.25) is 0 Å². The molecule has 0 aliphatic carbocycles. The topological polar surface area (TPSA) is 76.1 Å². The van der Waals surface area contributed by atoms with Gasteiger partial charge in [-0.1, -0.05) is 24.3 Å². The largest absolute Gasteiger partial charge is 0.417 e. The number of hydrogen-bond acceptors (Lipinski definition) is 5. The molecule has 0 unspecified atom stereocenters. The lowest BCUT2D eigenvalue weighted by Crippen LogP contribution is -2.30. The number of alkyl halides is 3. The molecule has 0 bridgehead atoms. The van der Waals surface area contributed by atoms with Crippen LogP contribution >= 0.6 is 11.3 Å². The summed E-state index contributed by atoms with van der Waals surface area (Å²) >= 11 is 1.24. The van der Waals surface area contributed by atoms with Crippen molar-refractivity contribution in [3.63, 3.8) is 0 Å². The highest BCUT2D eigenvalue weighted by Gasteiger charge is 2.31. The van der Waals surface area contributed by atoms with Crippen molar-refractivity contribution in [1.82, 2.24) is 15.3 Å². The zero-order valence-electron chi connectivity index (χ0n) is 16.3. The second-order valence-electron chi connectivity index (χ2n) is 6.51. The molecule has 0 aliphatic rings. The number of halogens is 3. The third-order valence-electron chi connectivity index (χ3n) is 4.11. The number of thiazole rings is 1. The Hall–Kier alpha value is -2.72. The fourth-order valence-electron chi connectivity index (χ4n) is 2.67. The zero-order chi connectivity index (χ0) is 21.6. The molecule has 0 atom stereocenters. The van der Waals surface area contributed by atoms with E-state index in [-0.39, 0.29) is 6.03 Å². The summed E-state index contributed by atoms with van der Waals surface area (Å²) < 4.78 is 44.9. The average Bonchev–Trinajstić information content (AvgIpc) is 3.11. The third-order valence-corrected chi connectivity index (χ3v) is 5.04. The van der Waals surface area contributed by atoms with Gasteiger partial charge in [0.05, 0.1) is 15.8 Å². The van der Waals surface area contributed by atoms with E-state index in [1.54, 1.807) is 18.2 Å². The van der Waals surface area contributed by atoms with Gasteiger partial charge in [0.25, 0.3) is 0 Å². The number of pyridine rings is 1. The van der Waals surface area contributed by atoms with E-state index in [0.29, 0.717) is 48.0 Å². The van der Waals surface area contributed by atoms with E-state index in [9.17, 15) is 18.0 Å². The smallest absolute Gasteiger partial charge is 0.381 e. The van der Waals surface area contributed by atoms with Crippen molar-refractivity contribution in [3.8, 4) is 11.1 Å². The Bertz CT molecular complexity index is 1010. The molecule has 2 amide bonds. The molecule has 0 fully saturated rings. The number of nitrogens with zero attached hydrogens (tertiary/aromatic N) is 2. The number of ether oxygens (including phenoxy) is 1. The Labute approximate surface area is 175 Å². The van der Waals surface area contributed by atoms with Gasteiger partial charge in [-0.15, -0.1) is 0 Å². The van der Waals surface area contributed by atoms with Gasteiger partial charge in [-0.2, -0.15) is 13.2 Å². The summed E-state index contributed by atoms with van der Waals surface area (Å²) in [7, 11) is 0. The fraction of sp³-hybridized carbons (Fsp3) is 0.350. The van der Waals surface area contributed by atoms with E-state index in [2.05, 4.69) is 20.6 Å². The number of anilines is 1. The Kier molecular flexibility index (Phi) is 7.22. The summed E-state index contributed by atoms with van der Waals surface area (Å²) in [6, 6.07) is 5.81. The van der Waals surface area contributed by atoms with Crippen molar-refractivity contribution < 1.29 is 22.7 Å². The predicted molar refractivity (Wildman–Crippen MR) is 111 cm³/mol. The highest BCUT2D eigenvalue weighted by atomic mass is 32.1. The summed E-state index contributed by atoms with van der Waals surface area (Å²) in [5.74, 6) is 0. The molecule has 3 aromatic rings. The predicted octanol–water partition coefficient (Wildman–Crippen LogP) is 5.32. The summed E-state index contributed by atoms with van der Waals surface area (Å²) in [6.07, 6.45) is -0.608.